The van der Waals surface area contributed by atoms with Gasteiger partial charge in [0.1, 0.15) is 116 Å². The minimum Gasteiger partial charge on any atom is -0.470 e. The Morgan fingerprint density at radius 1 is 0.423 bits per heavy atom. The normalized spacial score (nSPS) is 48.4. The van der Waals surface area contributed by atoms with Crippen molar-refractivity contribution >= 4 is 0 Å². The van der Waals surface area contributed by atoms with E-state index in [1.807, 2.05) is 19.9 Å². The van der Waals surface area contributed by atoms with E-state index in [-0.39, 0.29) is 12.5 Å². The van der Waals surface area contributed by atoms with Gasteiger partial charge in [-0.05, 0) is 85.1 Å². The molecular formula is C50H86O28. The Hall–Kier alpha value is -1.80. The van der Waals surface area contributed by atoms with E-state index in [2.05, 4.69) is 0 Å². The van der Waals surface area contributed by atoms with Crippen LogP contribution in [0.15, 0.2) is 23.5 Å². The number of hydrogen-bond acceptors (Lipinski definition) is 28. The molecule has 0 aromatic carbocycles. The largest absolute Gasteiger partial charge is 0.470 e. The minimum atomic E-state index is -1.81. The summed E-state index contributed by atoms with van der Waals surface area (Å²) >= 11 is 0. The fraction of sp³-hybridized carbons (Fsp3) is 0.920. The highest BCUT2D eigenvalue weighted by Crippen LogP contribution is 2.37. The van der Waals surface area contributed by atoms with Crippen LogP contribution in [0.5, 0.6) is 0 Å². The van der Waals surface area contributed by atoms with Crippen LogP contribution >= 0.6 is 0 Å². The van der Waals surface area contributed by atoms with Crippen LogP contribution in [-0.2, 0) is 56.8 Å². The minimum absolute atomic E-state index is 0.0390. The summed E-state index contributed by atoms with van der Waals surface area (Å²) in [4.78, 5) is 0. The van der Waals surface area contributed by atoms with E-state index in [9.17, 15) is 81.7 Å². The highest BCUT2D eigenvalue weighted by Gasteiger charge is 2.56. The topological polar surface area (TPSA) is 434 Å². The monoisotopic (exact) mass is 1130 g/mol. The van der Waals surface area contributed by atoms with Gasteiger partial charge in [-0.3, -0.25) is 0 Å². The van der Waals surface area contributed by atoms with Gasteiger partial charge < -0.3 is 139 Å². The van der Waals surface area contributed by atoms with Crippen LogP contribution < -0.4 is 0 Å². The molecule has 16 N–H and O–H groups in total. The Kier molecular flexibility index (Phi) is 24.4. The quantitative estimate of drug-likeness (QED) is 0.0355. The van der Waals surface area contributed by atoms with Crippen LogP contribution in [-0.4, -0.2) is 286 Å². The summed E-state index contributed by atoms with van der Waals surface area (Å²) in [5.41, 5.74) is 1.76. The van der Waals surface area contributed by atoms with Crippen molar-refractivity contribution < 1.29 is 139 Å². The van der Waals surface area contributed by atoms with Gasteiger partial charge in [-0.2, -0.15) is 0 Å². The van der Waals surface area contributed by atoms with E-state index in [1.54, 1.807) is 6.92 Å². The molecule has 6 aliphatic rings. The summed E-state index contributed by atoms with van der Waals surface area (Å²) in [7, 11) is 0. The maximum Gasteiger partial charge on any atom is 0.228 e. The SMILES string of the molecule is C/C(=C\O[C@@H]1O[C@H](CO)[C@@H](O)[C@H](O[C@@H]2O[C@H](C)[C@H](O)[C@@H](O)[C@H]2O)[C@H]1O[C@@H]1O[C@H](C)[C@@H](O)[C@@H](O)[C@H]1O)CC/C=C(\C)CCCC(C)CO[C@@H]1O[C@H](CO)[C@@H](O)[C@H](O[C@@H]2O[C@H](C)[C@@H](O)[C@@H](O)[C@H]2O)[C@H]1O[C@@H]1O[C@H](C)[C@@H](O)[C@@H](O)[C@H]1O. The number of allylic oxidation sites excluding steroid dienone is 3. The average Bonchev–Trinajstić information content (AvgIpc) is 3.46. The number of rotatable bonds is 22. The van der Waals surface area contributed by atoms with E-state index in [0.29, 0.717) is 37.7 Å². The molecule has 28 heteroatoms. The molecule has 454 valence electrons. The van der Waals surface area contributed by atoms with Crippen molar-refractivity contribution in [2.24, 2.45) is 5.92 Å². The van der Waals surface area contributed by atoms with Gasteiger partial charge in [-0.1, -0.05) is 18.6 Å². The van der Waals surface area contributed by atoms with Gasteiger partial charge in [0.15, 0.2) is 37.6 Å². The lowest BCUT2D eigenvalue weighted by Gasteiger charge is -2.48. The Balaban J connectivity index is 1.06. The molecule has 6 rings (SSSR count). The molecule has 1 unspecified atom stereocenters. The molecule has 31 atom stereocenters. The Morgan fingerprint density at radius 2 is 0.782 bits per heavy atom. The Morgan fingerprint density at radius 3 is 1.17 bits per heavy atom. The maximum absolute atomic E-state index is 11.4. The predicted octanol–water partition coefficient (Wildman–Crippen LogP) is -5.54. The van der Waals surface area contributed by atoms with Crippen molar-refractivity contribution in [3.8, 4) is 0 Å². The van der Waals surface area contributed by atoms with Crippen LogP contribution in [0, 0.1) is 5.92 Å². The van der Waals surface area contributed by atoms with Gasteiger partial charge in [-0.15, -0.1) is 0 Å². The summed E-state index contributed by atoms with van der Waals surface area (Å²) in [6, 6.07) is 0. The van der Waals surface area contributed by atoms with Crippen LogP contribution in [0.25, 0.3) is 0 Å². The average molecular weight is 1140 g/mol. The highest BCUT2D eigenvalue weighted by molar-refractivity contribution is 5.04. The van der Waals surface area contributed by atoms with Crippen LogP contribution in [0.4, 0.5) is 0 Å². The second kappa shape index (κ2) is 29.1. The fourth-order valence-corrected chi connectivity index (χ4v) is 10.0. The van der Waals surface area contributed by atoms with Crippen molar-refractivity contribution in [3.63, 3.8) is 0 Å². The van der Waals surface area contributed by atoms with Crippen molar-refractivity contribution in [3.05, 3.63) is 23.5 Å². The van der Waals surface area contributed by atoms with Gasteiger partial charge in [0.25, 0.3) is 0 Å². The van der Waals surface area contributed by atoms with Gasteiger partial charge in [0.05, 0.1) is 50.5 Å². The van der Waals surface area contributed by atoms with Crippen molar-refractivity contribution in [1.82, 2.24) is 0 Å². The molecule has 0 saturated carbocycles. The van der Waals surface area contributed by atoms with Crippen molar-refractivity contribution in [2.45, 2.75) is 265 Å². The summed E-state index contributed by atoms with van der Waals surface area (Å²) in [5.74, 6) is -0.125. The lowest BCUT2D eigenvalue weighted by molar-refractivity contribution is -0.390. The molecule has 6 fully saturated rings. The van der Waals surface area contributed by atoms with Gasteiger partial charge in [-0.25, -0.2) is 0 Å². The predicted molar refractivity (Wildman–Crippen MR) is 259 cm³/mol. The van der Waals surface area contributed by atoms with Gasteiger partial charge in [0.2, 0.25) is 6.29 Å². The number of aliphatic hydroxyl groups excluding tert-OH is 16. The molecule has 0 radical (unpaired) electrons. The third-order valence-corrected chi connectivity index (χ3v) is 15.2. The number of hydrogen-bond donors (Lipinski definition) is 16. The first-order chi connectivity index (χ1) is 36.8. The zero-order valence-corrected chi connectivity index (χ0v) is 44.8. The summed E-state index contributed by atoms with van der Waals surface area (Å²) in [6.07, 6.45) is -39.4. The molecule has 6 heterocycles. The van der Waals surface area contributed by atoms with Crippen LogP contribution in [0.2, 0.25) is 0 Å². The van der Waals surface area contributed by atoms with E-state index in [4.69, 9.17) is 56.8 Å². The van der Waals surface area contributed by atoms with E-state index in [0.717, 1.165) is 5.57 Å². The smallest absolute Gasteiger partial charge is 0.228 e. The van der Waals surface area contributed by atoms with Gasteiger partial charge in [0, 0.05) is 0 Å². The molecule has 0 aromatic rings. The second-order valence-electron chi connectivity index (χ2n) is 21.6. The number of aliphatic hydroxyl groups is 16. The Labute approximate surface area is 451 Å². The molecule has 0 bridgehead atoms. The lowest BCUT2D eigenvalue weighted by atomic mass is 9.96. The third-order valence-electron chi connectivity index (χ3n) is 15.2. The lowest BCUT2D eigenvalue weighted by Crippen LogP contribution is -2.66. The zero-order valence-electron chi connectivity index (χ0n) is 44.8. The molecule has 78 heavy (non-hydrogen) atoms. The standard InChI is InChI=1S/C50H86O28/c1-18(10-8-12-19(2)16-67-49-43(77-47-39(65)35(61)29(55)23(6)71-47)41(31(57)25(14-51)73-49)75-45-37(63)33(59)27(53)21(4)69-45)11-9-13-20(3)17-68-50-44(78-48-40(66)36(62)30(56)24(7)72-48)42(32(58)26(15-52)74-50)76-46-38(64)34(60)28(54)22(5)70-46/h10,16,20-66H,8-9,11-15,17H2,1-7H3/b18-10+,19-16+/t20?,21-,22-,23-,24-,25-,26-,27+,28-,29-,30-,31-,32-,33-,34-,35-,36-,37-,38-,39-,40-,41+,42+,43-,44-,45+,46+,47+,48+,49-,50-/m1/s1. The van der Waals surface area contributed by atoms with E-state index >= 15 is 0 Å². The van der Waals surface area contributed by atoms with E-state index < -0.39 is 197 Å². The van der Waals surface area contributed by atoms with Crippen molar-refractivity contribution in [2.75, 3.05) is 19.8 Å². The fourth-order valence-electron chi connectivity index (χ4n) is 10.0. The molecule has 0 aliphatic carbocycles. The second-order valence-corrected chi connectivity index (χ2v) is 21.6. The summed E-state index contributed by atoms with van der Waals surface area (Å²) in [6.45, 7) is 9.93. The molecule has 0 aromatic heterocycles. The maximum atomic E-state index is 11.4. The molecule has 6 saturated heterocycles. The first-order valence-electron chi connectivity index (χ1n) is 26.7. The van der Waals surface area contributed by atoms with Gasteiger partial charge >= 0.3 is 0 Å². The molecule has 6 aliphatic heterocycles. The summed E-state index contributed by atoms with van der Waals surface area (Å²) < 4.78 is 70.9. The third kappa shape index (κ3) is 15.5. The molecule has 0 spiro atoms. The Bertz CT molecular complexity index is 1870. The van der Waals surface area contributed by atoms with Crippen LogP contribution in [0.3, 0.4) is 0 Å². The van der Waals surface area contributed by atoms with Crippen molar-refractivity contribution in [1.29, 1.82) is 0 Å². The zero-order chi connectivity index (χ0) is 57.6. The van der Waals surface area contributed by atoms with Crippen LogP contribution in [0.1, 0.15) is 80.6 Å². The first kappa shape index (κ1) is 65.4. The first-order valence-corrected chi connectivity index (χ1v) is 26.7. The summed E-state index contributed by atoms with van der Waals surface area (Å²) in [5, 5.41) is 170. The molecule has 28 nitrogen and oxygen atoms in total. The molecule has 0 amide bonds. The number of ether oxygens (including phenoxy) is 12. The van der Waals surface area contributed by atoms with E-state index in [1.165, 1.54) is 34.0 Å². The molecular weight excluding hydrogens is 1050 g/mol. The highest BCUT2D eigenvalue weighted by atomic mass is 16.8.